The van der Waals surface area contributed by atoms with E-state index in [1.165, 1.54) is 0 Å². The summed E-state index contributed by atoms with van der Waals surface area (Å²) in [4.78, 5) is 11.8. The molecule has 96 valence electrons. The Balaban J connectivity index is 2.57. The topological polar surface area (TPSA) is 60.7 Å². The van der Waals surface area contributed by atoms with Crippen LogP contribution < -0.4 is 0 Å². The fraction of sp³-hybridized carbons (Fsp3) is 0.308. The van der Waals surface area contributed by atoms with Crippen LogP contribution in [0.4, 0.5) is 0 Å². The number of phenols is 1. The number of rotatable bonds is 4. The van der Waals surface area contributed by atoms with E-state index in [0.29, 0.717) is 12.3 Å². The number of carbonyl (C=O) groups excluding carboxylic acids is 1. The van der Waals surface area contributed by atoms with E-state index in [-0.39, 0.29) is 12.5 Å². The third-order valence-electron chi connectivity index (χ3n) is 2.63. The summed E-state index contributed by atoms with van der Waals surface area (Å²) in [6.07, 6.45) is 0. The molecule has 0 spiro atoms. The minimum Gasteiger partial charge on any atom is -0.508 e. The molecule has 0 aliphatic carbocycles. The molecule has 0 radical (unpaired) electrons. The molecule has 0 saturated heterocycles. The van der Waals surface area contributed by atoms with Gasteiger partial charge in [0.2, 0.25) is 0 Å². The highest BCUT2D eigenvalue weighted by Crippen LogP contribution is 2.24. The first-order valence-corrected chi connectivity index (χ1v) is 5.65. The maximum Gasteiger partial charge on any atom is 0.355 e. The highest BCUT2D eigenvalue weighted by Gasteiger charge is 2.16. The predicted molar refractivity (Wildman–Crippen MR) is 66.6 cm³/mol. The molecule has 1 heterocycles. The largest absolute Gasteiger partial charge is 0.508 e. The number of benzene rings is 1. The summed E-state index contributed by atoms with van der Waals surface area (Å²) in [5.74, 6) is -0.251. The van der Waals surface area contributed by atoms with E-state index in [2.05, 4.69) is 0 Å². The van der Waals surface area contributed by atoms with Gasteiger partial charge in [0.1, 0.15) is 18.2 Å². The Hall–Kier alpha value is -2.01. The first kappa shape index (κ1) is 12.4. The van der Waals surface area contributed by atoms with Crippen molar-refractivity contribution in [2.24, 2.45) is 0 Å². The molecule has 18 heavy (non-hydrogen) atoms. The summed E-state index contributed by atoms with van der Waals surface area (Å²) < 4.78 is 11.7. The van der Waals surface area contributed by atoms with Crippen LogP contribution in [-0.2, 0) is 16.2 Å². The first-order valence-electron chi connectivity index (χ1n) is 5.65. The van der Waals surface area contributed by atoms with Crippen LogP contribution in [0.5, 0.6) is 5.75 Å². The second kappa shape index (κ2) is 5.10. The van der Waals surface area contributed by atoms with E-state index < -0.39 is 5.97 Å². The lowest BCUT2D eigenvalue weighted by molar-refractivity contribution is 0.0496. The second-order valence-electron chi connectivity index (χ2n) is 3.84. The van der Waals surface area contributed by atoms with Gasteiger partial charge in [0.05, 0.1) is 12.1 Å². The Kier molecular flexibility index (Phi) is 3.53. The van der Waals surface area contributed by atoms with Gasteiger partial charge in [-0.3, -0.25) is 0 Å². The van der Waals surface area contributed by atoms with E-state index in [1.54, 1.807) is 42.9 Å². The lowest BCUT2D eigenvalue weighted by Gasteiger charge is -2.08. The van der Waals surface area contributed by atoms with Crippen LogP contribution in [-0.4, -0.2) is 29.4 Å². The summed E-state index contributed by atoms with van der Waals surface area (Å²) in [6.45, 7) is 2.30. The molecule has 2 aromatic rings. The molecule has 0 unspecified atom stereocenters. The van der Waals surface area contributed by atoms with Gasteiger partial charge in [-0.05, 0) is 25.1 Å². The van der Waals surface area contributed by atoms with Crippen molar-refractivity contribution in [2.75, 3.05) is 13.7 Å². The van der Waals surface area contributed by atoms with Gasteiger partial charge in [0.15, 0.2) is 0 Å². The average molecular weight is 249 g/mol. The van der Waals surface area contributed by atoms with Gasteiger partial charge in [0.25, 0.3) is 0 Å². The maximum atomic E-state index is 11.8. The Bertz CT molecular complexity index is 574. The maximum absolute atomic E-state index is 11.8. The summed E-state index contributed by atoms with van der Waals surface area (Å²) in [6, 6.07) is 6.65. The highest BCUT2D eigenvalue weighted by atomic mass is 16.5. The van der Waals surface area contributed by atoms with Gasteiger partial charge in [-0.15, -0.1) is 0 Å². The van der Waals surface area contributed by atoms with Gasteiger partial charge < -0.3 is 19.1 Å². The summed E-state index contributed by atoms with van der Waals surface area (Å²) in [5.41, 5.74) is 1.15. The molecule has 1 aromatic heterocycles. The van der Waals surface area contributed by atoms with E-state index in [1.807, 2.05) is 0 Å². The van der Waals surface area contributed by atoms with Crippen molar-refractivity contribution in [3.63, 3.8) is 0 Å². The average Bonchev–Trinajstić information content (AvgIpc) is 2.69. The van der Waals surface area contributed by atoms with Crippen LogP contribution >= 0.6 is 0 Å². The number of methoxy groups -OCH3 is 1. The van der Waals surface area contributed by atoms with Crippen molar-refractivity contribution in [2.45, 2.75) is 13.7 Å². The third-order valence-corrected chi connectivity index (χ3v) is 2.63. The molecule has 1 aromatic carbocycles. The third kappa shape index (κ3) is 2.17. The van der Waals surface area contributed by atoms with Gasteiger partial charge in [-0.25, -0.2) is 4.79 Å². The normalized spacial score (nSPS) is 10.8. The van der Waals surface area contributed by atoms with Crippen LogP contribution in [0.15, 0.2) is 24.3 Å². The molecule has 0 aliphatic rings. The monoisotopic (exact) mass is 249 g/mol. The molecule has 0 atom stereocenters. The molecule has 0 saturated carbocycles. The van der Waals surface area contributed by atoms with E-state index in [0.717, 1.165) is 10.9 Å². The molecule has 0 aliphatic heterocycles. The summed E-state index contributed by atoms with van der Waals surface area (Å²) in [5, 5.41) is 10.4. The molecule has 0 bridgehead atoms. The van der Waals surface area contributed by atoms with Crippen molar-refractivity contribution < 1.29 is 19.4 Å². The number of esters is 1. The van der Waals surface area contributed by atoms with Gasteiger partial charge in [-0.1, -0.05) is 0 Å². The van der Waals surface area contributed by atoms with E-state index >= 15 is 0 Å². The zero-order valence-corrected chi connectivity index (χ0v) is 10.3. The van der Waals surface area contributed by atoms with Gasteiger partial charge >= 0.3 is 5.97 Å². The van der Waals surface area contributed by atoms with Crippen LogP contribution in [0.1, 0.15) is 17.4 Å². The Labute approximate surface area is 105 Å². The number of fused-ring (bicyclic) bond motifs is 1. The van der Waals surface area contributed by atoms with Crippen molar-refractivity contribution in [3.05, 3.63) is 30.0 Å². The van der Waals surface area contributed by atoms with Gasteiger partial charge in [0, 0.05) is 18.6 Å². The number of hydrogen-bond acceptors (Lipinski definition) is 4. The van der Waals surface area contributed by atoms with Crippen molar-refractivity contribution in [1.29, 1.82) is 0 Å². The van der Waals surface area contributed by atoms with E-state index in [4.69, 9.17) is 9.47 Å². The molecular weight excluding hydrogens is 234 g/mol. The van der Waals surface area contributed by atoms with Crippen LogP contribution in [0.3, 0.4) is 0 Å². The zero-order chi connectivity index (χ0) is 13.1. The number of ether oxygens (including phenoxy) is 2. The van der Waals surface area contributed by atoms with Crippen LogP contribution in [0.25, 0.3) is 10.9 Å². The summed E-state index contributed by atoms with van der Waals surface area (Å²) in [7, 11) is 1.55. The highest BCUT2D eigenvalue weighted by molar-refractivity contribution is 5.96. The van der Waals surface area contributed by atoms with Gasteiger partial charge in [-0.2, -0.15) is 0 Å². The molecular formula is C13H15NO4. The number of nitrogens with zero attached hydrogens (tertiary/aromatic N) is 1. The molecule has 1 N–H and O–H groups in total. The molecule has 0 fully saturated rings. The van der Waals surface area contributed by atoms with E-state index in [9.17, 15) is 9.90 Å². The Morgan fingerprint density at radius 2 is 2.17 bits per heavy atom. The molecule has 5 heteroatoms. The number of aromatic nitrogens is 1. The number of hydrogen-bond donors (Lipinski definition) is 1. The lowest BCUT2D eigenvalue weighted by Crippen LogP contribution is -2.12. The fourth-order valence-electron chi connectivity index (χ4n) is 1.89. The number of aromatic hydroxyl groups is 1. The second-order valence-corrected chi connectivity index (χ2v) is 3.84. The van der Waals surface area contributed by atoms with Crippen molar-refractivity contribution >= 4 is 16.9 Å². The SMILES string of the molecule is CCOC(=O)c1cc2ccc(O)cc2n1COC. The van der Waals surface area contributed by atoms with Crippen LogP contribution in [0, 0.1) is 0 Å². The quantitative estimate of drug-likeness (QED) is 0.843. The molecule has 0 amide bonds. The number of phenolic OH excluding ortho intramolecular Hbond substituents is 1. The Morgan fingerprint density at radius 3 is 2.83 bits per heavy atom. The van der Waals surface area contributed by atoms with Crippen LogP contribution in [0.2, 0.25) is 0 Å². The minimum absolute atomic E-state index is 0.147. The first-order chi connectivity index (χ1) is 8.67. The van der Waals surface area contributed by atoms with Crippen molar-refractivity contribution in [3.8, 4) is 5.75 Å². The minimum atomic E-state index is -0.398. The molecule has 5 nitrogen and oxygen atoms in total. The zero-order valence-electron chi connectivity index (χ0n) is 10.3. The predicted octanol–water partition coefficient (Wildman–Crippen LogP) is 2.13. The summed E-state index contributed by atoms with van der Waals surface area (Å²) >= 11 is 0. The number of carbonyl (C=O) groups is 1. The fourth-order valence-corrected chi connectivity index (χ4v) is 1.89. The Morgan fingerprint density at radius 1 is 1.39 bits per heavy atom. The van der Waals surface area contributed by atoms with Crippen molar-refractivity contribution in [1.82, 2.24) is 4.57 Å². The standard InChI is InChI=1S/C13H15NO4/c1-3-18-13(16)12-6-9-4-5-10(15)7-11(9)14(12)8-17-2/h4-7,15H,3,8H2,1-2H3. The smallest absolute Gasteiger partial charge is 0.355 e. The lowest BCUT2D eigenvalue weighted by atomic mass is 10.2. The molecule has 2 rings (SSSR count).